The van der Waals surface area contributed by atoms with Crippen molar-refractivity contribution in [2.45, 2.75) is 26.1 Å². The van der Waals surface area contributed by atoms with Gasteiger partial charge < -0.3 is 15.6 Å². The smallest absolute Gasteiger partial charge is 0.151 e. The zero-order chi connectivity index (χ0) is 7.11. The second-order valence-electron chi connectivity index (χ2n) is 1.97. The van der Waals surface area contributed by atoms with E-state index in [0.29, 0.717) is 13.2 Å². The largest absolute Gasteiger partial charge is 0.368 e. The highest BCUT2D eigenvalue weighted by Gasteiger charge is 1.91. The molecule has 0 fully saturated rings. The van der Waals surface area contributed by atoms with Gasteiger partial charge in [-0.1, -0.05) is 0 Å². The van der Waals surface area contributed by atoms with Gasteiger partial charge in [-0.2, -0.15) is 0 Å². The van der Waals surface area contributed by atoms with Crippen molar-refractivity contribution in [2.75, 3.05) is 13.2 Å². The summed E-state index contributed by atoms with van der Waals surface area (Å²) in [5.74, 6) is 0. The normalized spacial score (nSPS) is 13.7. The molecule has 1 atom stereocenters. The molecule has 0 aromatic rings. The van der Waals surface area contributed by atoms with Crippen molar-refractivity contribution in [1.29, 1.82) is 0 Å². The average molecular weight is 133 g/mol. The van der Waals surface area contributed by atoms with Crippen LogP contribution in [0.3, 0.4) is 0 Å². The van der Waals surface area contributed by atoms with Crippen LogP contribution in [0.25, 0.3) is 0 Å². The third-order valence-electron chi connectivity index (χ3n) is 0.958. The van der Waals surface area contributed by atoms with Gasteiger partial charge in [0.25, 0.3) is 0 Å². The lowest BCUT2D eigenvalue weighted by molar-refractivity contribution is -0.0857. The molecule has 0 saturated heterocycles. The van der Waals surface area contributed by atoms with Gasteiger partial charge in [0.2, 0.25) is 0 Å². The molecule has 0 aromatic carbocycles. The summed E-state index contributed by atoms with van der Waals surface area (Å²) >= 11 is 0. The van der Waals surface area contributed by atoms with Gasteiger partial charge in [0, 0.05) is 6.61 Å². The van der Waals surface area contributed by atoms with Gasteiger partial charge in [-0.05, 0) is 26.3 Å². The lowest BCUT2D eigenvalue weighted by Gasteiger charge is -2.04. The summed E-state index contributed by atoms with van der Waals surface area (Å²) < 4.78 is 4.84. The lowest BCUT2D eigenvalue weighted by Crippen LogP contribution is -2.08. The topological polar surface area (TPSA) is 55.5 Å². The number of ether oxygens (including phenoxy) is 1. The molecule has 1 unspecified atom stereocenters. The molecule has 0 radical (unpaired) electrons. The summed E-state index contributed by atoms with van der Waals surface area (Å²) in [6.07, 6.45) is 1.26. The van der Waals surface area contributed by atoms with Crippen molar-refractivity contribution < 1.29 is 9.84 Å². The Morgan fingerprint density at radius 1 is 1.56 bits per heavy atom. The molecule has 0 aromatic heterocycles. The maximum atomic E-state index is 8.60. The number of aliphatic hydroxyl groups is 1. The van der Waals surface area contributed by atoms with Crippen LogP contribution in [0.2, 0.25) is 0 Å². The van der Waals surface area contributed by atoms with Gasteiger partial charge in [0.1, 0.15) is 0 Å². The minimum Gasteiger partial charge on any atom is -0.368 e. The standard InChI is InChI=1S/C6H15NO2/c1-6(8)9-5-3-2-4-7/h6,8H,2-5,7H2,1H3. The highest BCUT2D eigenvalue weighted by atomic mass is 16.6. The van der Waals surface area contributed by atoms with Crippen molar-refractivity contribution in [1.82, 2.24) is 0 Å². The molecule has 0 spiro atoms. The Kier molecular flexibility index (Phi) is 5.93. The SMILES string of the molecule is CC(O)OCCCCN. The molecule has 0 aliphatic carbocycles. The third-order valence-corrected chi connectivity index (χ3v) is 0.958. The summed E-state index contributed by atoms with van der Waals surface area (Å²) in [6, 6.07) is 0. The van der Waals surface area contributed by atoms with Crippen molar-refractivity contribution in [3.05, 3.63) is 0 Å². The highest BCUT2D eigenvalue weighted by Crippen LogP contribution is 1.90. The maximum Gasteiger partial charge on any atom is 0.151 e. The Morgan fingerprint density at radius 3 is 2.67 bits per heavy atom. The molecule has 56 valence electrons. The summed E-state index contributed by atoms with van der Waals surface area (Å²) in [5, 5.41) is 8.60. The van der Waals surface area contributed by atoms with Crippen LogP contribution in [-0.4, -0.2) is 24.5 Å². The molecule has 0 aliphatic rings. The van der Waals surface area contributed by atoms with E-state index in [9.17, 15) is 0 Å². The predicted molar refractivity (Wildman–Crippen MR) is 35.9 cm³/mol. The summed E-state index contributed by atoms with van der Waals surface area (Å²) in [4.78, 5) is 0. The summed E-state index contributed by atoms with van der Waals surface area (Å²) in [6.45, 7) is 2.90. The van der Waals surface area contributed by atoms with Crippen LogP contribution in [0.1, 0.15) is 19.8 Å². The Bertz CT molecular complexity index is 57.0. The summed E-state index contributed by atoms with van der Waals surface area (Å²) in [5.41, 5.74) is 5.23. The van der Waals surface area contributed by atoms with E-state index in [2.05, 4.69) is 0 Å². The zero-order valence-electron chi connectivity index (χ0n) is 5.84. The highest BCUT2D eigenvalue weighted by molar-refractivity contribution is 4.38. The van der Waals surface area contributed by atoms with E-state index >= 15 is 0 Å². The molecule has 3 nitrogen and oxygen atoms in total. The van der Waals surface area contributed by atoms with E-state index in [1.165, 1.54) is 0 Å². The van der Waals surface area contributed by atoms with Gasteiger partial charge in [0.05, 0.1) is 0 Å². The van der Waals surface area contributed by atoms with E-state index in [1.54, 1.807) is 6.92 Å². The minimum absolute atomic E-state index is 0.606. The molecule has 0 saturated carbocycles. The molecule has 3 heteroatoms. The van der Waals surface area contributed by atoms with Gasteiger partial charge in [-0.3, -0.25) is 0 Å². The second-order valence-corrected chi connectivity index (χ2v) is 1.97. The first-order valence-corrected chi connectivity index (χ1v) is 3.27. The summed E-state index contributed by atoms with van der Waals surface area (Å²) in [7, 11) is 0. The zero-order valence-corrected chi connectivity index (χ0v) is 5.84. The average Bonchev–Trinajstić information content (AvgIpc) is 1.80. The van der Waals surface area contributed by atoms with E-state index in [0.717, 1.165) is 12.8 Å². The fraction of sp³-hybridized carbons (Fsp3) is 1.00. The minimum atomic E-state index is -0.636. The molecule has 0 heterocycles. The van der Waals surface area contributed by atoms with E-state index in [1.807, 2.05) is 0 Å². The van der Waals surface area contributed by atoms with E-state index in [-0.39, 0.29) is 0 Å². The second kappa shape index (κ2) is 6.01. The molecule has 9 heavy (non-hydrogen) atoms. The number of nitrogens with two attached hydrogens (primary N) is 1. The van der Waals surface area contributed by atoms with Gasteiger partial charge in [0.15, 0.2) is 6.29 Å². The number of unbranched alkanes of at least 4 members (excludes halogenated alkanes) is 1. The molecule has 0 amide bonds. The predicted octanol–water partition coefficient (Wildman–Crippen LogP) is 0.0802. The molecular weight excluding hydrogens is 118 g/mol. The Balaban J connectivity index is 2.75. The molecule has 0 bridgehead atoms. The molecule has 0 rings (SSSR count). The van der Waals surface area contributed by atoms with Crippen LogP contribution in [0.15, 0.2) is 0 Å². The maximum absolute atomic E-state index is 8.60. The van der Waals surface area contributed by atoms with Crippen molar-refractivity contribution in [2.24, 2.45) is 5.73 Å². The van der Waals surface area contributed by atoms with Crippen LogP contribution in [0.5, 0.6) is 0 Å². The van der Waals surface area contributed by atoms with E-state index < -0.39 is 6.29 Å². The Morgan fingerprint density at radius 2 is 2.22 bits per heavy atom. The number of hydrogen-bond acceptors (Lipinski definition) is 3. The Labute approximate surface area is 55.8 Å². The fourth-order valence-corrected chi connectivity index (χ4v) is 0.500. The molecule has 3 N–H and O–H groups in total. The van der Waals surface area contributed by atoms with E-state index in [4.69, 9.17) is 15.6 Å². The number of hydrogen-bond donors (Lipinski definition) is 2. The van der Waals surface area contributed by atoms with Crippen molar-refractivity contribution in [3.8, 4) is 0 Å². The first kappa shape index (κ1) is 8.88. The van der Waals surface area contributed by atoms with Crippen LogP contribution < -0.4 is 5.73 Å². The lowest BCUT2D eigenvalue weighted by atomic mass is 10.3. The van der Waals surface area contributed by atoms with Crippen LogP contribution in [0.4, 0.5) is 0 Å². The first-order valence-electron chi connectivity index (χ1n) is 3.27. The molecular formula is C6H15NO2. The van der Waals surface area contributed by atoms with Gasteiger partial charge >= 0.3 is 0 Å². The van der Waals surface area contributed by atoms with Crippen LogP contribution in [0, 0.1) is 0 Å². The van der Waals surface area contributed by atoms with Crippen LogP contribution in [-0.2, 0) is 4.74 Å². The van der Waals surface area contributed by atoms with Crippen LogP contribution >= 0.6 is 0 Å². The number of aliphatic hydroxyl groups excluding tert-OH is 1. The van der Waals surface area contributed by atoms with Gasteiger partial charge in [-0.15, -0.1) is 0 Å². The number of rotatable bonds is 5. The molecule has 0 aliphatic heterocycles. The fourth-order valence-electron chi connectivity index (χ4n) is 0.500. The third kappa shape index (κ3) is 7.88. The Hall–Kier alpha value is -0.120. The quantitative estimate of drug-likeness (QED) is 0.412. The van der Waals surface area contributed by atoms with Crippen molar-refractivity contribution >= 4 is 0 Å². The van der Waals surface area contributed by atoms with Crippen molar-refractivity contribution in [3.63, 3.8) is 0 Å². The first-order chi connectivity index (χ1) is 4.27. The monoisotopic (exact) mass is 133 g/mol. The van der Waals surface area contributed by atoms with Gasteiger partial charge in [-0.25, -0.2) is 0 Å².